The fourth-order valence-corrected chi connectivity index (χ4v) is 0.565. The van der Waals surface area contributed by atoms with Crippen LogP contribution in [0.2, 0.25) is 0 Å². The number of imide groups is 1. The standard InChI is InChI=1S/C4H5NO3.C2H4INO/c6-3-1-2-4(7)5(3)8;3-1-2(4)5/h8H,1-2H2;1H2,(H2,4,5). The zero-order chi connectivity index (χ0) is 10.4. The summed E-state index contributed by atoms with van der Waals surface area (Å²) in [4.78, 5) is 30.1. The fraction of sp³-hybridized carbons (Fsp3) is 0.500. The summed E-state index contributed by atoms with van der Waals surface area (Å²) < 4.78 is 0.414. The Balaban J connectivity index is 0.000000252. The Morgan fingerprint density at radius 3 is 1.85 bits per heavy atom. The number of amides is 3. The SMILES string of the molecule is NC(=O)CI.O=C1CCC(=O)N1O. The van der Waals surface area contributed by atoms with Gasteiger partial charge in [-0.25, -0.2) is 0 Å². The van der Waals surface area contributed by atoms with E-state index in [9.17, 15) is 14.4 Å². The molecule has 0 radical (unpaired) electrons. The van der Waals surface area contributed by atoms with E-state index in [4.69, 9.17) is 5.21 Å². The normalized spacial score (nSPS) is 15.4. The smallest absolute Gasteiger partial charge is 0.253 e. The van der Waals surface area contributed by atoms with E-state index in [0.29, 0.717) is 4.43 Å². The molecule has 0 aliphatic carbocycles. The van der Waals surface area contributed by atoms with Gasteiger partial charge in [0.05, 0.1) is 4.43 Å². The number of hydroxylamine groups is 2. The monoisotopic (exact) mass is 300 g/mol. The van der Waals surface area contributed by atoms with Crippen LogP contribution in [0.15, 0.2) is 0 Å². The number of rotatable bonds is 1. The summed E-state index contributed by atoms with van der Waals surface area (Å²) in [7, 11) is 0. The number of carbonyl (C=O) groups excluding carboxylic acids is 3. The van der Waals surface area contributed by atoms with Crippen molar-refractivity contribution in [3.8, 4) is 0 Å². The maximum atomic E-state index is 10.2. The van der Waals surface area contributed by atoms with Gasteiger partial charge in [-0.1, -0.05) is 22.6 Å². The second-order valence-electron chi connectivity index (χ2n) is 2.20. The Morgan fingerprint density at radius 1 is 1.46 bits per heavy atom. The molecule has 0 bridgehead atoms. The molecule has 1 aliphatic rings. The number of nitrogens with two attached hydrogens (primary N) is 1. The van der Waals surface area contributed by atoms with Gasteiger partial charge in [-0.05, 0) is 0 Å². The van der Waals surface area contributed by atoms with Crippen molar-refractivity contribution in [1.82, 2.24) is 5.06 Å². The molecule has 7 heteroatoms. The van der Waals surface area contributed by atoms with Gasteiger partial charge in [0.1, 0.15) is 0 Å². The van der Waals surface area contributed by atoms with E-state index in [1.807, 2.05) is 22.6 Å². The van der Waals surface area contributed by atoms with Crippen molar-refractivity contribution in [3.05, 3.63) is 0 Å². The summed E-state index contributed by atoms with van der Waals surface area (Å²) in [6.45, 7) is 0. The van der Waals surface area contributed by atoms with Gasteiger partial charge < -0.3 is 5.73 Å². The molecule has 0 atom stereocenters. The molecular weight excluding hydrogens is 291 g/mol. The maximum Gasteiger partial charge on any atom is 0.253 e. The van der Waals surface area contributed by atoms with Gasteiger partial charge in [0, 0.05) is 12.8 Å². The summed E-state index contributed by atoms with van der Waals surface area (Å²) >= 11 is 1.90. The summed E-state index contributed by atoms with van der Waals surface area (Å²) in [5.41, 5.74) is 4.65. The number of primary amides is 1. The Labute approximate surface area is 88.2 Å². The van der Waals surface area contributed by atoms with Crippen molar-refractivity contribution in [3.63, 3.8) is 0 Å². The van der Waals surface area contributed by atoms with E-state index in [2.05, 4.69) is 5.73 Å². The van der Waals surface area contributed by atoms with Gasteiger partial charge in [0.25, 0.3) is 11.8 Å². The van der Waals surface area contributed by atoms with E-state index in [1.54, 1.807) is 0 Å². The van der Waals surface area contributed by atoms with Gasteiger partial charge in [0.15, 0.2) is 0 Å². The van der Waals surface area contributed by atoms with Crippen LogP contribution < -0.4 is 5.73 Å². The van der Waals surface area contributed by atoms with Crippen LogP contribution in [-0.2, 0) is 14.4 Å². The number of hydrogen-bond acceptors (Lipinski definition) is 4. The van der Waals surface area contributed by atoms with Crippen LogP contribution in [0.25, 0.3) is 0 Å². The molecule has 1 fully saturated rings. The predicted molar refractivity (Wildman–Crippen MR) is 51.0 cm³/mol. The van der Waals surface area contributed by atoms with E-state index >= 15 is 0 Å². The van der Waals surface area contributed by atoms with Crippen molar-refractivity contribution in [2.24, 2.45) is 5.73 Å². The topological polar surface area (TPSA) is 101 Å². The number of halogens is 1. The molecule has 6 nitrogen and oxygen atoms in total. The minimum absolute atomic E-state index is 0.148. The van der Waals surface area contributed by atoms with Crippen LogP contribution in [0.5, 0.6) is 0 Å². The first-order chi connectivity index (χ1) is 5.99. The van der Waals surface area contributed by atoms with Crippen LogP contribution in [0.4, 0.5) is 0 Å². The summed E-state index contributed by atoms with van der Waals surface area (Å²) in [6, 6.07) is 0. The number of nitrogens with zero attached hydrogens (tertiary/aromatic N) is 1. The van der Waals surface area contributed by atoms with Crippen molar-refractivity contribution >= 4 is 40.3 Å². The third-order valence-electron chi connectivity index (χ3n) is 1.16. The third kappa shape index (κ3) is 4.78. The first kappa shape index (κ1) is 12.3. The highest BCUT2D eigenvalue weighted by atomic mass is 127. The lowest BCUT2D eigenvalue weighted by molar-refractivity contribution is -0.171. The van der Waals surface area contributed by atoms with E-state index in [-0.39, 0.29) is 23.8 Å². The zero-order valence-corrected chi connectivity index (χ0v) is 8.85. The molecule has 1 rings (SSSR count). The van der Waals surface area contributed by atoms with Crippen LogP contribution in [0.1, 0.15) is 12.8 Å². The molecule has 1 aliphatic heterocycles. The Morgan fingerprint density at radius 2 is 1.77 bits per heavy atom. The second kappa shape index (κ2) is 5.86. The summed E-state index contributed by atoms with van der Waals surface area (Å²) in [6.07, 6.45) is 0.296. The molecule has 3 N–H and O–H groups in total. The Bertz CT molecular complexity index is 215. The summed E-state index contributed by atoms with van der Waals surface area (Å²) in [5, 5.41) is 8.57. The number of alkyl halides is 1. The molecule has 13 heavy (non-hydrogen) atoms. The number of carbonyl (C=O) groups is 3. The lowest BCUT2D eigenvalue weighted by Crippen LogP contribution is -2.24. The quantitative estimate of drug-likeness (QED) is 0.293. The molecule has 1 saturated heterocycles. The fourth-order valence-electron chi connectivity index (χ4n) is 0.565. The average Bonchev–Trinajstić information content (AvgIpc) is 2.37. The molecule has 0 aromatic carbocycles. The van der Waals surface area contributed by atoms with Crippen molar-refractivity contribution in [2.75, 3.05) is 4.43 Å². The Kier molecular flexibility index (Phi) is 5.55. The van der Waals surface area contributed by atoms with Gasteiger partial charge in [0.2, 0.25) is 5.91 Å². The summed E-state index contributed by atoms with van der Waals surface area (Å²) in [5.74, 6) is -1.27. The first-order valence-electron chi connectivity index (χ1n) is 3.38. The zero-order valence-electron chi connectivity index (χ0n) is 6.70. The molecule has 0 unspecified atom stereocenters. The van der Waals surface area contributed by atoms with Crippen LogP contribution in [0, 0.1) is 0 Å². The molecule has 0 spiro atoms. The first-order valence-corrected chi connectivity index (χ1v) is 4.90. The Hall–Kier alpha value is -0.700. The van der Waals surface area contributed by atoms with Crippen molar-refractivity contribution in [1.29, 1.82) is 0 Å². The minimum Gasteiger partial charge on any atom is -0.369 e. The highest BCUT2D eigenvalue weighted by Crippen LogP contribution is 2.06. The van der Waals surface area contributed by atoms with Gasteiger partial charge >= 0.3 is 0 Å². The lowest BCUT2D eigenvalue weighted by atomic mass is 10.4. The minimum atomic E-state index is -0.505. The van der Waals surface area contributed by atoms with Crippen molar-refractivity contribution in [2.45, 2.75) is 12.8 Å². The molecule has 0 saturated carbocycles. The molecular formula is C6H9IN2O4. The lowest BCUT2D eigenvalue weighted by Gasteiger charge is -1.98. The number of hydrogen-bond donors (Lipinski definition) is 2. The van der Waals surface area contributed by atoms with E-state index in [1.165, 1.54) is 0 Å². The van der Waals surface area contributed by atoms with Gasteiger partial charge in [-0.3, -0.25) is 19.6 Å². The van der Waals surface area contributed by atoms with Crippen LogP contribution in [-0.4, -0.2) is 32.4 Å². The predicted octanol–water partition coefficient (Wildman–Crippen LogP) is -0.569. The third-order valence-corrected chi connectivity index (χ3v) is 1.91. The maximum absolute atomic E-state index is 10.2. The van der Waals surface area contributed by atoms with E-state index < -0.39 is 11.8 Å². The largest absolute Gasteiger partial charge is 0.369 e. The van der Waals surface area contributed by atoms with E-state index in [0.717, 1.165) is 0 Å². The van der Waals surface area contributed by atoms with Gasteiger partial charge in [-0.2, -0.15) is 5.06 Å². The molecule has 0 aromatic rings. The van der Waals surface area contributed by atoms with Crippen molar-refractivity contribution < 1.29 is 19.6 Å². The molecule has 74 valence electrons. The second-order valence-corrected chi connectivity index (χ2v) is 2.96. The molecule has 0 aromatic heterocycles. The highest BCUT2D eigenvalue weighted by molar-refractivity contribution is 14.1. The highest BCUT2D eigenvalue weighted by Gasteiger charge is 2.26. The molecule has 1 heterocycles. The molecule has 3 amide bonds. The average molecular weight is 300 g/mol. The van der Waals surface area contributed by atoms with Gasteiger partial charge in [-0.15, -0.1) is 0 Å². The van der Waals surface area contributed by atoms with Crippen LogP contribution in [0.3, 0.4) is 0 Å². The van der Waals surface area contributed by atoms with Crippen LogP contribution >= 0.6 is 22.6 Å².